The minimum absolute atomic E-state index is 0.541. The highest BCUT2D eigenvalue weighted by atomic mass is 32.1. The first kappa shape index (κ1) is 14.0. The fourth-order valence-corrected chi connectivity index (χ4v) is 2.91. The van der Waals surface area contributed by atoms with Gasteiger partial charge in [-0.05, 0) is 12.5 Å². The Morgan fingerprint density at radius 1 is 1.19 bits per heavy atom. The second kappa shape index (κ2) is 6.20. The molecular formula is C16H17N3OS. The number of nitrogens with zero attached hydrogens (tertiary/aromatic N) is 3. The molecule has 3 rings (SSSR count). The monoisotopic (exact) mass is 299 g/mol. The summed E-state index contributed by atoms with van der Waals surface area (Å²) in [6, 6.07) is 10.2. The molecule has 0 saturated heterocycles. The normalized spacial score (nSPS) is 11.0. The average Bonchev–Trinajstić information content (AvgIpc) is 3.06. The smallest absolute Gasteiger partial charge is 0.119 e. The quantitative estimate of drug-likeness (QED) is 0.723. The van der Waals surface area contributed by atoms with Crippen LogP contribution in [0.25, 0.3) is 11.3 Å². The summed E-state index contributed by atoms with van der Waals surface area (Å²) in [6.45, 7) is 3.15. The minimum Gasteiger partial charge on any atom is -0.370 e. The molecule has 0 saturated carbocycles. The first-order valence-electron chi connectivity index (χ1n) is 6.79. The van der Waals surface area contributed by atoms with E-state index in [1.54, 1.807) is 11.3 Å². The van der Waals surface area contributed by atoms with E-state index in [4.69, 9.17) is 4.74 Å². The molecule has 4 nitrogen and oxygen atoms in total. The van der Waals surface area contributed by atoms with Gasteiger partial charge in [0.05, 0.1) is 24.6 Å². The molecule has 0 radical (unpaired) electrons. The fraction of sp³-hybridized carbons (Fsp3) is 0.250. The molecule has 0 aliphatic rings. The summed E-state index contributed by atoms with van der Waals surface area (Å²) < 4.78 is 7.53. The first-order valence-corrected chi connectivity index (χ1v) is 7.67. The number of benzene rings is 1. The first-order chi connectivity index (χ1) is 10.2. The van der Waals surface area contributed by atoms with Gasteiger partial charge in [-0.1, -0.05) is 30.3 Å². The van der Waals surface area contributed by atoms with Crippen LogP contribution in [0, 0.1) is 6.92 Å². The van der Waals surface area contributed by atoms with Crippen LogP contribution in [0.15, 0.2) is 41.9 Å². The molecule has 0 amide bonds. The van der Waals surface area contributed by atoms with E-state index in [1.807, 2.05) is 43.0 Å². The summed E-state index contributed by atoms with van der Waals surface area (Å²) in [6.07, 6.45) is 2.00. The standard InChI is InChI=1S/C16H17N3OS/c1-12-14(8-19(2)18-12)15-11-21-16(17-15)10-20-9-13-6-4-3-5-7-13/h3-8,11H,9-10H2,1-2H3. The van der Waals surface area contributed by atoms with Crippen LogP contribution in [0.4, 0.5) is 0 Å². The van der Waals surface area contributed by atoms with Crippen molar-refractivity contribution in [3.05, 3.63) is 58.2 Å². The van der Waals surface area contributed by atoms with Gasteiger partial charge < -0.3 is 4.74 Å². The Bertz CT molecular complexity index is 718. The van der Waals surface area contributed by atoms with Gasteiger partial charge in [0.1, 0.15) is 5.01 Å². The Morgan fingerprint density at radius 3 is 2.71 bits per heavy atom. The molecule has 1 aromatic carbocycles. The number of hydrogen-bond acceptors (Lipinski definition) is 4. The van der Waals surface area contributed by atoms with Crippen molar-refractivity contribution in [3.8, 4) is 11.3 Å². The zero-order valence-corrected chi connectivity index (χ0v) is 12.9. The van der Waals surface area contributed by atoms with Crippen molar-refractivity contribution >= 4 is 11.3 Å². The molecule has 0 aliphatic carbocycles. The van der Waals surface area contributed by atoms with Crippen molar-refractivity contribution in [2.24, 2.45) is 7.05 Å². The minimum atomic E-state index is 0.541. The van der Waals surface area contributed by atoms with Gasteiger partial charge in [0.2, 0.25) is 0 Å². The lowest BCUT2D eigenvalue weighted by Gasteiger charge is -2.01. The maximum absolute atomic E-state index is 5.72. The Hall–Kier alpha value is -1.98. The molecule has 0 atom stereocenters. The van der Waals surface area contributed by atoms with E-state index >= 15 is 0 Å². The van der Waals surface area contributed by atoms with Crippen LogP contribution in [0.2, 0.25) is 0 Å². The van der Waals surface area contributed by atoms with E-state index < -0.39 is 0 Å². The van der Waals surface area contributed by atoms with Crippen molar-refractivity contribution in [2.45, 2.75) is 20.1 Å². The summed E-state index contributed by atoms with van der Waals surface area (Å²) >= 11 is 1.62. The molecule has 0 unspecified atom stereocenters. The predicted molar refractivity (Wildman–Crippen MR) is 84.0 cm³/mol. The highest BCUT2D eigenvalue weighted by Gasteiger charge is 2.10. The number of aromatic nitrogens is 3. The zero-order chi connectivity index (χ0) is 14.7. The van der Waals surface area contributed by atoms with Crippen LogP contribution in [-0.2, 0) is 25.0 Å². The third kappa shape index (κ3) is 3.37. The number of thiazole rings is 1. The van der Waals surface area contributed by atoms with Gasteiger partial charge in [-0.25, -0.2) is 4.98 Å². The van der Waals surface area contributed by atoms with Crippen LogP contribution in [0.1, 0.15) is 16.3 Å². The lowest BCUT2D eigenvalue weighted by atomic mass is 10.2. The molecule has 0 aliphatic heterocycles. The molecule has 2 aromatic heterocycles. The van der Waals surface area contributed by atoms with Gasteiger partial charge in [-0.2, -0.15) is 5.10 Å². The SMILES string of the molecule is Cc1nn(C)cc1-c1csc(COCc2ccccc2)n1. The van der Waals surface area contributed by atoms with E-state index in [2.05, 4.69) is 27.6 Å². The number of hydrogen-bond donors (Lipinski definition) is 0. The molecule has 0 bridgehead atoms. The highest BCUT2D eigenvalue weighted by Crippen LogP contribution is 2.24. The maximum Gasteiger partial charge on any atom is 0.119 e. The second-order valence-corrected chi connectivity index (χ2v) is 5.85. The van der Waals surface area contributed by atoms with Crippen molar-refractivity contribution in [3.63, 3.8) is 0 Å². The molecule has 0 spiro atoms. The predicted octanol–water partition coefficient (Wildman–Crippen LogP) is 3.57. The summed E-state index contributed by atoms with van der Waals surface area (Å²) in [5, 5.41) is 7.40. The van der Waals surface area contributed by atoms with Crippen LogP contribution in [0.3, 0.4) is 0 Å². The van der Waals surface area contributed by atoms with E-state index in [1.165, 1.54) is 5.56 Å². The van der Waals surface area contributed by atoms with Crippen molar-refractivity contribution in [1.29, 1.82) is 0 Å². The third-order valence-electron chi connectivity index (χ3n) is 3.18. The van der Waals surface area contributed by atoms with Gasteiger partial charge in [0, 0.05) is 24.2 Å². The van der Waals surface area contributed by atoms with Crippen LogP contribution >= 0.6 is 11.3 Å². The Morgan fingerprint density at radius 2 is 2.00 bits per heavy atom. The molecular weight excluding hydrogens is 282 g/mol. The topological polar surface area (TPSA) is 39.9 Å². The number of rotatable bonds is 5. The van der Waals surface area contributed by atoms with E-state index in [0.717, 1.165) is 22.0 Å². The number of ether oxygens (including phenoxy) is 1. The summed E-state index contributed by atoms with van der Waals surface area (Å²) in [5.74, 6) is 0. The molecule has 108 valence electrons. The van der Waals surface area contributed by atoms with Gasteiger partial charge >= 0.3 is 0 Å². The number of aryl methyl sites for hydroxylation is 2. The van der Waals surface area contributed by atoms with Crippen molar-refractivity contribution < 1.29 is 4.74 Å². The molecule has 0 fully saturated rings. The summed E-state index contributed by atoms with van der Waals surface area (Å²) in [5.41, 5.74) is 4.24. The summed E-state index contributed by atoms with van der Waals surface area (Å²) in [7, 11) is 1.92. The molecule has 5 heteroatoms. The average molecular weight is 299 g/mol. The van der Waals surface area contributed by atoms with Crippen molar-refractivity contribution in [1.82, 2.24) is 14.8 Å². The molecule has 0 N–H and O–H groups in total. The van der Waals surface area contributed by atoms with Crippen LogP contribution in [-0.4, -0.2) is 14.8 Å². The van der Waals surface area contributed by atoms with Gasteiger partial charge in [-0.15, -0.1) is 11.3 Å². The Labute approximate surface area is 128 Å². The maximum atomic E-state index is 5.72. The second-order valence-electron chi connectivity index (χ2n) is 4.91. The zero-order valence-electron chi connectivity index (χ0n) is 12.1. The largest absolute Gasteiger partial charge is 0.370 e. The third-order valence-corrected chi connectivity index (χ3v) is 4.00. The van der Waals surface area contributed by atoms with Crippen LogP contribution in [0.5, 0.6) is 0 Å². The molecule has 3 aromatic rings. The van der Waals surface area contributed by atoms with Gasteiger partial charge in [0.15, 0.2) is 0 Å². The van der Waals surface area contributed by atoms with E-state index in [9.17, 15) is 0 Å². The summed E-state index contributed by atoms with van der Waals surface area (Å²) in [4.78, 5) is 4.63. The lowest BCUT2D eigenvalue weighted by molar-refractivity contribution is 0.107. The molecule has 2 heterocycles. The van der Waals surface area contributed by atoms with Gasteiger partial charge in [0.25, 0.3) is 0 Å². The van der Waals surface area contributed by atoms with Gasteiger partial charge in [-0.3, -0.25) is 4.68 Å². The highest BCUT2D eigenvalue weighted by molar-refractivity contribution is 7.09. The lowest BCUT2D eigenvalue weighted by Crippen LogP contribution is -1.93. The molecule has 21 heavy (non-hydrogen) atoms. The Kier molecular flexibility index (Phi) is 4.13. The van der Waals surface area contributed by atoms with E-state index in [-0.39, 0.29) is 0 Å². The van der Waals surface area contributed by atoms with E-state index in [0.29, 0.717) is 13.2 Å². The fourth-order valence-electron chi connectivity index (χ4n) is 2.18. The Balaban J connectivity index is 1.62. The van der Waals surface area contributed by atoms with Crippen LogP contribution < -0.4 is 0 Å². The van der Waals surface area contributed by atoms with Crippen molar-refractivity contribution in [2.75, 3.05) is 0 Å².